The lowest BCUT2D eigenvalue weighted by atomic mass is 11.0. The van der Waals surface area contributed by atoms with Gasteiger partial charge >= 0.3 is 0 Å². The van der Waals surface area contributed by atoms with Crippen LogP contribution in [0.5, 0.6) is 0 Å². The Morgan fingerprint density at radius 2 is 2.57 bits per heavy atom. The molecular formula is C2H6N4S. The van der Waals surface area contributed by atoms with Crippen LogP contribution in [0.2, 0.25) is 0 Å². The molecule has 0 radical (unpaired) electrons. The molecule has 0 aliphatic carbocycles. The Balaban J connectivity index is 2.48. The Labute approximate surface area is 46.6 Å². The lowest BCUT2D eigenvalue weighted by Gasteiger charge is -2.02. The van der Waals surface area contributed by atoms with E-state index in [9.17, 15) is 0 Å². The molecule has 0 aromatic carbocycles. The van der Waals surface area contributed by atoms with Crippen molar-refractivity contribution in [2.75, 3.05) is 6.67 Å². The van der Waals surface area contributed by atoms with Crippen LogP contribution < -0.4 is 16.7 Å². The van der Waals surface area contributed by atoms with Gasteiger partial charge in [-0.1, -0.05) is 0 Å². The van der Waals surface area contributed by atoms with Crippen molar-refractivity contribution in [3.8, 4) is 0 Å². The second-order valence-corrected chi connectivity index (χ2v) is 1.62. The van der Waals surface area contributed by atoms with Crippen molar-refractivity contribution in [1.82, 2.24) is 15.9 Å². The fourth-order valence-corrected chi connectivity index (χ4v) is 0.481. The first-order valence-electron chi connectivity index (χ1n) is 1.86. The molecule has 0 unspecified atom stereocenters. The van der Waals surface area contributed by atoms with Crippen LogP contribution in [0.25, 0.3) is 0 Å². The van der Waals surface area contributed by atoms with Gasteiger partial charge < -0.3 is 0 Å². The van der Waals surface area contributed by atoms with E-state index in [1.165, 1.54) is 5.01 Å². The molecule has 1 aliphatic rings. The SMILES string of the molecule is NN1CNNC1=S. The molecule has 40 valence electrons. The molecule has 7 heavy (non-hydrogen) atoms. The second-order valence-electron chi connectivity index (χ2n) is 1.23. The summed E-state index contributed by atoms with van der Waals surface area (Å²) in [5.41, 5.74) is 5.38. The minimum atomic E-state index is 0.542. The van der Waals surface area contributed by atoms with Crippen LogP contribution >= 0.6 is 12.2 Å². The van der Waals surface area contributed by atoms with Crippen LogP contribution in [0.1, 0.15) is 0 Å². The summed E-state index contributed by atoms with van der Waals surface area (Å²) in [5, 5.41) is 1.95. The Morgan fingerprint density at radius 3 is 2.71 bits per heavy atom. The van der Waals surface area contributed by atoms with Gasteiger partial charge in [-0.15, -0.1) is 0 Å². The maximum atomic E-state index is 5.25. The van der Waals surface area contributed by atoms with Crippen molar-refractivity contribution in [3.63, 3.8) is 0 Å². The molecule has 1 heterocycles. The molecule has 4 N–H and O–H groups in total. The molecule has 0 bridgehead atoms. The smallest absolute Gasteiger partial charge is 0.199 e. The molecule has 1 fully saturated rings. The van der Waals surface area contributed by atoms with Gasteiger partial charge in [0.2, 0.25) is 0 Å². The van der Waals surface area contributed by atoms with Crippen LogP contribution in [0.15, 0.2) is 0 Å². The monoisotopic (exact) mass is 118 g/mol. The number of thiocarbonyl (C=S) groups is 1. The van der Waals surface area contributed by atoms with Crippen molar-refractivity contribution < 1.29 is 0 Å². The molecule has 0 aromatic heterocycles. The molecule has 5 heteroatoms. The molecule has 0 saturated carbocycles. The average molecular weight is 118 g/mol. The summed E-state index contributed by atoms with van der Waals surface area (Å²) in [5.74, 6) is 5.25. The van der Waals surface area contributed by atoms with Crippen LogP contribution in [-0.4, -0.2) is 16.8 Å². The van der Waals surface area contributed by atoms with Gasteiger partial charge in [0.25, 0.3) is 0 Å². The van der Waals surface area contributed by atoms with Crippen LogP contribution in [0, 0.1) is 0 Å². The molecular weight excluding hydrogens is 112 g/mol. The average Bonchev–Trinajstić information content (AvgIpc) is 1.91. The zero-order chi connectivity index (χ0) is 5.28. The van der Waals surface area contributed by atoms with Crippen LogP contribution in [0.3, 0.4) is 0 Å². The van der Waals surface area contributed by atoms with Crippen molar-refractivity contribution in [2.24, 2.45) is 5.84 Å². The summed E-state index contributed by atoms with van der Waals surface area (Å²) in [6.07, 6.45) is 0. The minimum Gasteiger partial charge on any atom is -0.295 e. The highest BCUT2D eigenvalue weighted by Gasteiger charge is 2.08. The number of hydrogen-bond donors (Lipinski definition) is 3. The van der Waals surface area contributed by atoms with Gasteiger partial charge in [-0.05, 0) is 12.2 Å². The van der Waals surface area contributed by atoms with E-state index < -0.39 is 0 Å². The number of nitrogens with zero attached hydrogens (tertiary/aromatic N) is 1. The summed E-state index contributed by atoms with van der Waals surface area (Å²) in [7, 11) is 0. The molecule has 0 aromatic rings. The molecule has 0 amide bonds. The van der Waals surface area contributed by atoms with Gasteiger partial charge in [-0.2, -0.15) is 0 Å². The first-order valence-corrected chi connectivity index (χ1v) is 2.26. The molecule has 0 atom stereocenters. The van der Waals surface area contributed by atoms with Gasteiger partial charge in [0.15, 0.2) is 5.11 Å². The molecule has 1 rings (SSSR count). The highest BCUT2D eigenvalue weighted by atomic mass is 32.1. The molecule has 1 saturated heterocycles. The summed E-state index contributed by atoms with van der Waals surface area (Å²) in [6, 6.07) is 0. The van der Waals surface area contributed by atoms with Gasteiger partial charge in [0.05, 0.1) is 0 Å². The topological polar surface area (TPSA) is 53.3 Å². The first kappa shape index (κ1) is 4.76. The van der Waals surface area contributed by atoms with Crippen LogP contribution in [-0.2, 0) is 0 Å². The lowest BCUT2D eigenvalue weighted by Crippen LogP contribution is -2.33. The maximum absolute atomic E-state index is 5.25. The summed E-state index contributed by atoms with van der Waals surface area (Å²) in [4.78, 5) is 0. The fraction of sp³-hybridized carbons (Fsp3) is 0.500. The largest absolute Gasteiger partial charge is 0.295 e. The quantitative estimate of drug-likeness (QED) is 0.267. The summed E-state index contributed by atoms with van der Waals surface area (Å²) in [6.45, 7) is 0.582. The third-order valence-electron chi connectivity index (χ3n) is 0.706. The van der Waals surface area contributed by atoms with Crippen LogP contribution in [0.4, 0.5) is 0 Å². The standard InChI is InChI=1S/C2H6N4S/c3-6-1-4-5-2(6)7/h4H,1,3H2,(H,5,7). The third-order valence-corrected chi connectivity index (χ3v) is 1.04. The third kappa shape index (κ3) is 0.792. The Bertz CT molecular complexity index is 91.7. The highest BCUT2D eigenvalue weighted by molar-refractivity contribution is 7.80. The molecule has 4 nitrogen and oxygen atoms in total. The fourth-order valence-electron chi connectivity index (χ4n) is 0.344. The van der Waals surface area contributed by atoms with E-state index in [1.54, 1.807) is 0 Å². The van der Waals surface area contributed by atoms with E-state index in [0.29, 0.717) is 11.8 Å². The Morgan fingerprint density at radius 1 is 1.86 bits per heavy atom. The number of nitrogens with one attached hydrogen (secondary N) is 2. The summed E-state index contributed by atoms with van der Waals surface area (Å²) < 4.78 is 0. The Hall–Kier alpha value is -0.390. The van der Waals surface area contributed by atoms with Gasteiger partial charge in [0, 0.05) is 0 Å². The van der Waals surface area contributed by atoms with E-state index >= 15 is 0 Å². The number of hydrogen-bond acceptors (Lipinski definition) is 3. The molecule has 1 aliphatic heterocycles. The minimum absolute atomic E-state index is 0.542. The van der Waals surface area contributed by atoms with Crippen molar-refractivity contribution in [3.05, 3.63) is 0 Å². The normalized spacial score (nSPS) is 20.1. The predicted octanol–water partition coefficient (Wildman–Crippen LogP) is -1.49. The highest BCUT2D eigenvalue weighted by Crippen LogP contribution is 1.80. The zero-order valence-electron chi connectivity index (χ0n) is 3.64. The first-order chi connectivity index (χ1) is 3.30. The number of hydrazine groups is 2. The van der Waals surface area contributed by atoms with E-state index in [0.717, 1.165) is 0 Å². The van der Waals surface area contributed by atoms with E-state index in [2.05, 4.69) is 23.1 Å². The van der Waals surface area contributed by atoms with Crippen molar-refractivity contribution >= 4 is 17.3 Å². The maximum Gasteiger partial charge on any atom is 0.199 e. The van der Waals surface area contributed by atoms with Gasteiger partial charge in [0.1, 0.15) is 6.67 Å². The van der Waals surface area contributed by atoms with E-state index in [1.807, 2.05) is 0 Å². The lowest BCUT2D eigenvalue weighted by molar-refractivity contribution is 0.459. The second kappa shape index (κ2) is 1.61. The summed E-state index contributed by atoms with van der Waals surface area (Å²) >= 11 is 4.67. The number of rotatable bonds is 0. The van der Waals surface area contributed by atoms with Crippen molar-refractivity contribution in [1.29, 1.82) is 0 Å². The zero-order valence-corrected chi connectivity index (χ0v) is 4.46. The predicted molar refractivity (Wildman–Crippen MR) is 29.8 cm³/mol. The van der Waals surface area contributed by atoms with Crippen molar-refractivity contribution in [2.45, 2.75) is 0 Å². The van der Waals surface area contributed by atoms with Gasteiger partial charge in [-0.25, -0.2) is 11.3 Å². The molecule has 0 spiro atoms. The van der Waals surface area contributed by atoms with E-state index in [-0.39, 0.29) is 0 Å². The number of nitrogens with two attached hydrogens (primary N) is 1. The Kier molecular flexibility index (Phi) is 1.09. The van der Waals surface area contributed by atoms with Gasteiger partial charge in [-0.3, -0.25) is 10.4 Å². The van der Waals surface area contributed by atoms with E-state index in [4.69, 9.17) is 5.84 Å².